The lowest BCUT2D eigenvalue weighted by Gasteiger charge is -2.38. The van der Waals surface area contributed by atoms with Crippen LogP contribution < -0.4 is 10.1 Å². The van der Waals surface area contributed by atoms with Gasteiger partial charge in [-0.25, -0.2) is 14.8 Å². The number of alkyl carbamates (subject to hydrolysis) is 1. The van der Waals surface area contributed by atoms with Crippen molar-refractivity contribution in [2.24, 2.45) is 22.7 Å². The lowest BCUT2D eigenvalue weighted by Crippen LogP contribution is -2.57. The number of Topliss-reactive ketones (excluding diaryl/α,β-unsaturated/α-hetero) is 1. The fourth-order valence-electron chi connectivity index (χ4n) is 7.38. The SMILES string of the molecule is CC[C@@H]1[C@@H]2CN(C(=O)[C@H](C(C)(C)C)NC(=O)OC3CC(CCC4(CC4)C(F)(F)c4nc5ccccc5nc4O2)C3)[C@@H]1C(C)=O. The quantitative estimate of drug-likeness (QED) is 0.457. The van der Waals surface area contributed by atoms with Crippen LogP contribution in [0.3, 0.4) is 0 Å². The van der Waals surface area contributed by atoms with Crippen LogP contribution in [0.2, 0.25) is 0 Å². The van der Waals surface area contributed by atoms with Crippen LogP contribution in [0.1, 0.15) is 85.3 Å². The van der Waals surface area contributed by atoms with Gasteiger partial charge in [0.1, 0.15) is 18.2 Å². The molecule has 11 heteroatoms. The van der Waals surface area contributed by atoms with Crippen molar-refractivity contribution in [2.45, 2.75) is 110 Å². The van der Waals surface area contributed by atoms with Crippen LogP contribution in [-0.4, -0.2) is 63.5 Å². The van der Waals surface area contributed by atoms with Crippen LogP contribution in [0.5, 0.6) is 5.88 Å². The molecule has 0 radical (unpaired) electrons. The molecule has 2 saturated carbocycles. The second-order valence-electron chi connectivity index (χ2n) is 14.3. The largest absolute Gasteiger partial charge is 0.471 e. The number of hydrogen-bond donors (Lipinski definition) is 1. The summed E-state index contributed by atoms with van der Waals surface area (Å²) in [7, 11) is 0. The Morgan fingerprint density at radius 1 is 1.07 bits per heavy atom. The molecule has 0 unspecified atom stereocenters. The van der Waals surface area contributed by atoms with Gasteiger partial charge in [0.05, 0.1) is 23.6 Å². The van der Waals surface area contributed by atoms with Gasteiger partial charge >= 0.3 is 12.0 Å². The molecule has 1 aromatic heterocycles. The number of amides is 2. The molecule has 5 aliphatic rings. The molecule has 2 aliphatic carbocycles. The molecule has 9 nitrogen and oxygen atoms in total. The van der Waals surface area contributed by atoms with Crippen molar-refractivity contribution in [3.8, 4) is 5.88 Å². The molecule has 3 aliphatic heterocycles. The first-order valence-electron chi connectivity index (χ1n) is 15.8. The fourth-order valence-corrected chi connectivity index (χ4v) is 7.38. The van der Waals surface area contributed by atoms with Crippen molar-refractivity contribution in [2.75, 3.05) is 6.54 Å². The van der Waals surface area contributed by atoms with E-state index in [1.807, 2.05) is 27.7 Å². The van der Waals surface area contributed by atoms with Gasteiger partial charge in [0.25, 0.3) is 0 Å². The fraction of sp³-hybridized carbons (Fsp3) is 0.667. The predicted octanol–water partition coefficient (Wildman–Crippen LogP) is 5.79. The van der Waals surface area contributed by atoms with E-state index in [-0.39, 0.29) is 30.2 Å². The van der Waals surface area contributed by atoms with E-state index in [0.717, 1.165) is 0 Å². The van der Waals surface area contributed by atoms with Crippen LogP contribution in [-0.2, 0) is 20.2 Å². The number of carbonyl (C=O) groups is 3. The number of alkyl halides is 2. The van der Waals surface area contributed by atoms with Gasteiger partial charge in [0, 0.05) is 11.3 Å². The third kappa shape index (κ3) is 5.30. The molecule has 1 aromatic carbocycles. The smallest absolute Gasteiger partial charge is 0.408 e. The van der Waals surface area contributed by atoms with E-state index < -0.39 is 58.6 Å². The van der Waals surface area contributed by atoms with Gasteiger partial charge in [-0.3, -0.25) is 9.59 Å². The molecule has 2 aromatic rings. The third-order valence-corrected chi connectivity index (χ3v) is 10.3. The highest BCUT2D eigenvalue weighted by atomic mass is 19.3. The van der Waals surface area contributed by atoms with Crippen LogP contribution in [0.15, 0.2) is 24.3 Å². The van der Waals surface area contributed by atoms with E-state index in [4.69, 9.17) is 9.47 Å². The summed E-state index contributed by atoms with van der Waals surface area (Å²) in [5, 5.41) is 2.78. The highest BCUT2D eigenvalue weighted by Gasteiger charge is 2.64. The lowest BCUT2D eigenvalue weighted by atomic mass is 9.76. The first kappa shape index (κ1) is 30.6. The van der Waals surface area contributed by atoms with Gasteiger partial charge in [0.2, 0.25) is 11.8 Å². The second kappa shape index (κ2) is 10.9. The number of aromatic nitrogens is 2. The lowest BCUT2D eigenvalue weighted by molar-refractivity contribution is -0.141. The summed E-state index contributed by atoms with van der Waals surface area (Å²) in [4.78, 5) is 50.7. The third-order valence-electron chi connectivity index (χ3n) is 10.3. The minimum atomic E-state index is -3.31. The summed E-state index contributed by atoms with van der Waals surface area (Å²) in [6.07, 6.45) is 1.46. The maximum absolute atomic E-state index is 16.7. The zero-order valence-electron chi connectivity index (χ0n) is 26.1. The first-order valence-corrected chi connectivity index (χ1v) is 15.8. The molecule has 7 rings (SSSR count). The van der Waals surface area contributed by atoms with E-state index in [0.29, 0.717) is 56.0 Å². The number of carbonyl (C=O) groups excluding carboxylic acids is 3. The Morgan fingerprint density at radius 3 is 2.32 bits per heavy atom. The Hall–Kier alpha value is -3.37. The zero-order valence-corrected chi connectivity index (χ0v) is 26.1. The van der Waals surface area contributed by atoms with Gasteiger partial charge in [-0.1, -0.05) is 39.8 Å². The summed E-state index contributed by atoms with van der Waals surface area (Å²) in [5.41, 5.74) is -1.66. The number of ketones is 1. The molecule has 1 saturated heterocycles. The van der Waals surface area contributed by atoms with Gasteiger partial charge in [-0.05, 0) is 75.3 Å². The Bertz CT molecular complexity index is 1470. The average molecular weight is 613 g/mol. The summed E-state index contributed by atoms with van der Waals surface area (Å²) in [6.45, 7) is 8.76. The van der Waals surface area contributed by atoms with Crippen molar-refractivity contribution in [3.63, 3.8) is 0 Å². The molecular weight excluding hydrogens is 570 g/mol. The Morgan fingerprint density at radius 2 is 1.73 bits per heavy atom. The normalized spacial score (nSPS) is 31.6. The Balaban J connectivity index is 1.45. The topological polar surface area (TPSA) is 111 Å². The summed E-state index contributed by atoms with van der Waals surface area (Å²) >= 11 is 0. The number of fused-ring (bicyclic) bond motifs is 6. The predicted molar refractivity (Wildman–Crippen MR) is 158 cm³/mol. The number of rotatable bonds is 2. The van der Waals surface area contributed by atoms with Gasteiger partial charge in [0.15, 0.2) is 11.5 Å². The van der Waals surface area contributed by atoms with Crippen molar-refractivity contribution in [3.05, 3.63) is 30.0 Å². The number of hydrogen-bond acceptors (Lipinski definition) is 7. The second-order valence-corrected chi connectivity index (χ2v) is 14.3. The molecule has 1 N–H and O–H groups in total. The van der Waals surface area contributed by atoms with Crippen molar-refractivity contribution >= 4 is 28.8 Å². The molecule has 4 atom stereocenters. The molecule has 44 heavy (non-hydrogen) atoms. The highest BCUT2D eigenvalue weighted by molar-refractivity contribution is 5.92. The Labute approximate surface area is 256 Å². The average Bonchev–Trinajstić information content (AvgIpc) is 3.65. The molecule has 3 fully saturated rings. The van der Waals surface area contributed by atoms with Gasteiger partial charge in [-0.2, -0.15) is 8.78 Å². The minimum Gasteiger partial charge on any atom is -0.471 e. The van der Waals surface area contributed by atoms with E-state index in [1.165, 1.54) is 11.8 Å². The highest BCUT2D eigenvalue weighted by Crippen LogP contribution is 2.65. The number of nitrogens with zero attached hydrogens (tertiary/aromatic N) is 3. The van der Waals surface area contributed by atoms with E-state index in [2.05, 4.69) is 15.3 Å². The van der Waals surface area contributed by atoms with Crippen molar-refractivity contribution in [1.82, 2.24) is 20.2 Å². The first-order chi connectivity index (χ1) is 20.7. The number of para-hydroxylation sites is 2. The van der Waals surface area contributed by atoms with Gasteiger partial charge in [-0.15, -0.1) is 0 Å². The van der Waals surface area contributed by atoms with Crippen LogP contribution in [0.25, 0.3) is 11.0 Å². The minimum absolute atomic E-state index is 0.0279. The molecule has 1 spiro atoms. The molecule has 4 bridgehead atoms. The van der Waals surface area contributed by atoms with E-state index in [9.17, 15) is 14.4 Å². The van der Waals surface area contributed by atoms with Gasteiger partial charge < -0.3 is 19.7 Å². The number of benzene rings is 1. The number of ether oxygens (including phenoxy) is 2. The van der Waals surface area contributed by atoms with Crippen molar-refractivity contribution in [1.29, 1.82) is 0 Å². The number of nitrogens with one attached hydrogen (secondary N) is 1. The maximum Gasteiger partial charge on any atom is 0.408 e. The van der Waals surface area contributed by atoms with Crippen LogP contribution in [0.4, 0.5) is 13.6 Å². The maximum atomic E-state index is 16.7. The van der Waals surface area contributed by atoms with Crippen molar-refractivity contribution < 1.29 is 32.6 Å². The standard InChI is InChI=1S/C33H42F2N4O5/c1-6-21-24-17-39(25(21)18(2)40)29(41)27(31(3,4)5)38-30(42)43-20-15-19(16-20)11-12-32(13-14-32)33(34,35)26-28(44-24)37-23-10-8-7-9-22(23)36-26/h7-10,19-21,24-25,27H,6,11-17H2,1-5H3,(H,38,42)/t19?,20?,21-,24+,25-,27-/m1/s1. The Kier molecular flexibility index (Phi) is 7.60. The van der Waals surface area contributed by atoms with Crippen LogP contribution >= 0.6 is 0 Å². The van der Waals surface area contributed by atoms with Crippen LogP contribution in [0, 0.1) is 22.7 Å². The molecular formula is C33H42F2N4O5. The zero-order chi connectivity index (χ0) is 31.6. The van der Waals surface area contributed by atoms with E-state index >= 15 is 8.78 Å². The summed E-state index contributed by atoms with van der Waals surface area (Å²) < 4.78 is 45.4. The molecule has 4 heterocycles. The van der Waals surface area contributed by atoms with E-state index in [1.54, 1.807) is 24.3 Å². The molecule has 238 valence electrons. The monoisotopic (exact) mass is 612 g/mol. The summed E-state index contributed by atoms with van der Waals surface area (Å²) in [6, 6.07) is 5.02. The molecule has 2 amide bonds. The summed E-state index contributed by atoms with van der Waals surface area (Å²) in [5.74, 6) is -4.56. The number of halogens is 2.